The fourth-order valence-electron chi connectivity index (χ4n) is 5.04. The van der Waals surface area contributed by atoms with Gasteiger partial charge in [0.25, 0.3) is 5.91 Å². The highest BCUT2D eigenvalue weighted by Crippen LogP contribution is 2.31. The first-order chi connectivity index (χ1) is 20.3. The van der Waals surface area contributed by atoms with E-state index in [2.05, 4.69) is 25.5 Å². The van der Waals surface area contributed by atoms with Gasteiger partial charge in [0, 0.05) is 22.9 Å². The van der Waals surface area contributed by atoms with E-state index in [4.69, 9.17) is 17.3 Å². The lowest BCUT2D eigenvalue weighted by molar-refractivity contribution is -0.138. The number of fused-ring (bicyclic) bond motifs is 1. The molecule has 1 aliphatic rings. The van der Waals surface area contributed by atoms with Crippen LogP contribution in [0.5, 0.6) is 0 Å². The summed E-state index contributed by atoms with van der Waals surface area (Å²) in [7, 11) is 0. The predicted molar refractivity (Wildman–Crippen MR) is 153 cm³/mol. The second-order valence-electron chi connectivity index (χ2n) is 9.75. The number of rotatable bonds is 8. The fourth-order valence-corrected chi connectivity index (χ4v) is 6.21. The highest BCUT2D eigenvalue weighted by molar-refractivity contribution is 7.14. The SMILES string of the molecule is NC(=O)c1nn(CC(=O)N2C[C@H](F)C[C@H]2C(=O)Cc2nnc(-c3ccccc3Cl)s2)c2ccc(-c3ccnnc3)cc12. The van der Waals surface area contributed by atoms with Gasteiger partial charge in [-0.25, -0.2) is 4.39 Å². The van der Waals surface area contributed by atoms with Crippen molar-refractivity contribution in [3.8, 4) is 21.7 Å². The van der Waals surface area contributed by atoms with E-state index in [9.17, 15) is 18.8 Å². The number of hydrogen-bond acceptors (Lipinski definition) is 9. The number of alkyl halides is 1. The van der Waals surface area contributed by atoms with Gasteiger partial charge in [-0.1, -0.05) is 47.2 Å². The molecule has 0 unspecified atom stereocenters. The number of Topliss-reactive ketones (excluding diaryl/α,β-unsaturated/α-hetero) is 1. The van der Waals surface area contributed by atoms with Crippen molar-refractivity contribution in [3.05, 3.63) is 76.6 Å². The number of carbonyl (C=O) groups is 3. The highest BCUT2D eigenvalue weighted by Gasteiger charge is 2.40. The van der Waals surface area contributed by atoms with E-state index in [1.54, 1.807) is 54.9 Å². The number of amides is 2. The summed E-state index contributed by atoms with van der Waals surface area (Å²) in [5.41, 5.74) is 8.29. The van der Waals surface area contributed by atoms with Gasteiger partial charge in [0.2, 0.25) is 5.91 Å². The van der Waals surface area contributed by atoms with E-state index >= 15 is 0 Å². The second kappa shape index (κ2) is 11.3. The molecule has 1 aliphatic heterocycles. The molecule has 1 fully saturated rings. The molecule has 0 bridgehead atoms. The van der Waals surface area contributed by atoms with Crippen LogP contribution in [-0.2, 0) is 22.6 Å². The highest BCUT2D eigenvalue weighted by atomic mass is 35.5. The summed E-state index contributed by atoms with van der Waals surface area (Å²) in [6.45, 7) is -0.538. The third kappa shape index (κ3) is 5.35. The van der Waals surface area contributed by atoms with Crippen molar-refractivity contribution >= 4 is 51.4 Å². The topological polar surface area (TPSA) is 150 Å². The van der Waals surface area contributed by atoms with Crippen LogP contribution in [0, 0.1) is 0 Å². The van der Waals surface area contributed by atoms with Crippen LogP contribution in [0.3, 0.4) is 0 Å². The monoisotopic (exact) mass is 604 g/mol. The molecule has 2 N–H and O–H groups in total. The molecule has 2 amide bonds. The van der Waals surface area contributed by atoms with Gasteiger partial charge >= 0.3 is 0 Å². The van der Waals surface area contributed by atoms with Crippen LogP contribution in [0.15, 0.2) is 60.9 Å². The molecule has 14 heteroatoms. The smallest absolute Gasteiger partial charge is 0.269 e. The average molecular weight is 605 g/mol. The van der Waals surface area contributed by atoms with E-state index < -0.39 is 24.0 Å². The first-order valence-corrected chi connectivity index (χ1v) is 14.1. The van der Waals surface area contributed by atoms with Crippen molar-refractivity contribution in [2.24, 2.45) is 5.73 Å². The molecule has 0 spiro atoms. The quantitative estimate of drug-likeness (QED) is 0.283. The van der Waals surface area contributed by atoms with Gasteiger partial charge in [-0.3, -0.25) is 19.1 Å². The van der Waals surface area contributed by atoms with Crippen LogP contribution < -0.4 is 5.73 Å². The third-order valence-corrected chi connectivity index (χ3v) is 8.31. The molecule has 1 saturated heterocycles. The van der Waals surface area contributed by atoms with Crippen LogP contribution in [0.25, 0.3) is 32.6 Å². The Hall–Kier alpha value is -4.62. The lowest BCUT2D eigenvalue weighted by atomic mass is 10.0. The number of carbonyl (C=O) groups excluding carboxylic acids is 3. The predicted octanol–water partition coefficient (Wildman–Crippen LogP) is 3.51. The minimum Gasteiger partial charge on any atom is -0.364 e. The van der Waals surface area contributed by atoms with Gasteiger partial charge < -0.3 is 10.6 Å². The Labute approximate surface area is 247 Å². The van der Waals surface area contributed by atoms with E-state index in [0.717, 1.165) is 11.1 Å². The molecule has 3 aromatic heterocycles. The zero-order valence-electron chi connectivity index (χ0n) is 21.9. The standard InChI is InChI=1S/C28H22ClFN8O3S/c29-20-4-2-1-3-18(20)28-35-34-24(42-28)11-23(39)22-10-17(30)13-37(22)25(40)14-38-21-6-5-15(16-7-8-32-33-12-16)9-19(21)26(36-38)27(31)41/h1-9,12,17,22H,10-11,13-14H2,(H2,31,41)/t17-,22+/m1/s1. The maximum absolute atomic E-state index is 14.6. The molecule has 0 radical (unpaired) electrons. The molecule has 42 heavy (non-hydrogen) atoms. The molecule has 2 aromatic carbocycles. The normalized spacial score (nSPS) is 16.7. The Kier molecular flexibility index (Phi) is 7.43. The molecule has 4 heterocycles. The summed E-state index contributed by atoms with van der Waals surface area (Å²) in [5, 5.41) is 22.2. The molecule has 5 aromatic rings. The number of ketones is 1. The maximum Gasteiger partial charge on any atom is 0.269 e. The Morgan fingerprint density at radius 2 is 1.90 bits per heavy atom. The van der Waals surface area contributed by atoms with Crippen molar-refractivity contribution in [3.63, 3.8) is 0 Å². The number of nitrogens with zero attached hydrogens (tertiary/aromatic N) is 7. The number of nitrogens with two attached hydrogens (primary N) is 1. The fraction of sp³-hybridized carbons (Fsp3) is 0.214. The van der Waals surface area contributed by atoms with Gasteiger partial charge in [-0.15, -0.1) is 10.2 Å². The van der Waals surface area contributed by atoms with Gasteiger partial charge in [-0.2, -0.15) is 15.3 Å². The molecule has 0 aliphatic carbocycles. The maximum atomic E-state index is 14.6. The van der Waals surface area contributed by atoms with E-state index in [0.29, 0.717) is 31.5 Å². The first kappa shape index (κ1) is 27.5. The number of likely N-dealkylation sites (tertiary alicyclic amines) is 1. The molecule has 6 rings (SSSR count). The number of halogens is 2. The number of aromatic nitrogens is 6. The Morgan fingerprint density at radius 1 is 1.07 bits per heavy atom. The van der Waals surface area contributed by atoms with Crippen molar-refractivity contribution in [1.82, 2.24) is 35.1 Å². The third-order valence-electron chi connectivity index (χ3n) is 7.03. The Morgan fingerprint density at radius 3 is 2.67 bits per heavy atom. The molecule has 0 saturated carbocycles. The van der Waals surface area contributed by atoms with E-state index in [1.807, 2.05) is 6.07 Å². The summed E-state index contributed by atoms with van der Waals surface area (Å²) < 4.78 is 15.9. The van der Waals surface area contributed by atoms with Crippen LogP contribution in [-0.4, -0.2) is 71.4 Å². The Bertz CT molecular complexity index is 1830. The van der Waals surface area contributed by atoms with Crippen molar-refractivity contribution in [2.45, 2.75) is 31.6 Å². The molecule has 2 atom stereocenters. The van der Waals surface area contributed by atoms with E-state index in [1.165, 1.54) is 20.9 Å². The zero-order chi connectivity index (χ0) is 29.4. The van der Waals surface area contributed by atoms with Gasteiger partial charge in [0.15, 0.2) is 11.5 Å². The molecule has 11 nitrogen and oxygen atoms in total. The van der Waals surface area contributed by atoms with E-state index in [-0.39, 0.29) is 37.4 Å². The number of primary amides is 1. The summed E-state index contributed by atoms with van der Waals surface area (Å²) >= 11 is 7.47. The average Bonchev–Trinajstić information content (AvgIpc) is 3.71. The second-order valence-corrected chi connectivity index (χ2v) is 11.2. The minimum atomic E-state index is -1.36. The summed E-state index contributed by atoms with van der Waals surface area (Å²) in [5.74, 6) is -1.61. The zero-order valence-corrected chi connectivity index (χ0v) is 23.4. The number of hydrogen-bond donors (Lipinski definition) is 1. The summed E-state index contributed by atoms with van der Waals surface area (Å²) in [6, 6.07) is 13.2. The van der Waals surface area contributed by atoms with Crippen molar-refractivity contribution < 1.29 is 18.8 Å². The van der Waals surface area contributed by atoms with Gasteiger partial charge in [-0.05, 0) is 29.8 Å². The molecular weight excluding hydrogens is 583 g/mol. The minimum absolute atomic E-state index is 0.00956. The molecule has 212 valence electrons. The summed E-state index contributed by atoms with van der Waals surface area (Å²) in [4.78, 5) is 40.2. The van der Waals surface area contributed by atoms with Gasteiger partial charge in [0.1, 0.15) is 22.7 Å². The largest absolute Gasteiger partial charge is 0.364 e. The van der Waals surface area contributed by atoms with Crippen LogP contribution in [0.2, 0.25) is 5.02 Å². The van der Waals surface area contributed by atoms with Crippen LogP contribution in [0.1, 0.15) is 21.9 Å². The van der Waals surface area contributed by atoms with Gasteiger partial charge in [0.05, 0.1) is 41.9 Å². The van der Waals surface area contributed by atoms with Crippen LogP contribution >= 0.6 is 22.9 Å². The van der Waals surface area contributed by atoms with Crippen molar-refractivity contribution in [2.75, 3.05) is 6.54 Å². The lowest BCUT2D eigenvalue weighted by Crippen LogP contribution is -2.43. The lowest BCUT2D eigenvalue weighted by Gasteiger charge is -2.23. The number of benzene rings is 2. The summed E-state index contributed by atoms with van der Waals surface area (Å²) in [6.07, 6.45) is 1.55. The first-order valence-electron chi connectivity index (χ1n) is 12.9. The molecular formula is C28H22ClFN8O3S. The van der Waals surface area contributed by atoms with Crippen molar-refractivity contribution in [1.29, 1.82) is 0 Å². The Balaban J connectivity index is 1.22. The van der Waals surface area contributed by atoms with Crippen LogP contribution in [0.4, 0.5) is 4.39 Å².